The van der Waals surface area contributed by atoms with Crippen molar-refractivity contribution in [1.29, 1.82) is 0 Å². The summed E-state index contributed by atoms with van der Waals surface area (Å²) in [6.45, 7) is 4.31. The number of amides is 1. The number of aliphatic hydroxyl groups is 1. The summed E-state index contributed by atoms with van der Waals surface area (Å²) in [4.78, 5) is 12.2. The van der Waals surface area contributed by atoms with Crippen molar-refractivity contribution in [3.63, 3.8) is 0 Å². The number of nitrogens with zero attached hydrogens (tertiary/aromatic N) is 2. The van der Waals surface area contributed by atoms with Gasteiger partial charge in [-0.1, -0.05) is 26.7 Å². The maximum absolute atomic E-state index is 12.2. The Morgan fingerprint density at radius 2 is 1.92 bits per heavy atom. The molecule has 0 spiro atoms. The van der Waals surface area contributed by atoms with Crippen molar-refractivity contribution in [2.45, 2.75) is 32.8 Å². The van der Waals surface area contributed by atoms with Crippen LogP contribution in [0.3, 0.4) is 0 Å². The van der Waals surface area contributed by atoms with Gasteiger partial charge in [0.05, 0.1) is 18.9 Å². The molecule has 0 bridgehead atoms. The molecule has 1 atom stereocenters. The van der Waals surface area contributed by atoms with Gasteiger partial charge in [0.2, 0.25) is 0 Å². The van der Waals surface area contributed by atoms with Crippen LogP contribution in [0.4, 0.5) is 0 Å². The highest BCUT2D eigenvalue weighted by molar-refractivity contribution is 5.92. The summed E-state index contributed by atoms with van der Waals surface area (Å²) in [5.74, 6) is 0.675. The van der Waals surface area contributed by atoms with E-state index in [4.69, 9.17) is 4.74 Å². The molecule has 6 heteroatoms. The molecule has 1 amide bonds. The fraction of sp³-hybridized carbons (Fsp3) is 0.444. The van der Waals surface area contributed by atoms with Crippen LogP contribution >= 0.6 is 0 Å². The summed E-state index contributed by atoms with van der Waals surface area (Å²) in [5, 5.41) is 17.1. The molecule has 0 aliphatic carbocycles. The summed E-state index contributed by atoms with van der Waals surface area (Å²) >= 11 is 0. The second-order valence-corrected chi connectivity index (χ2v) is 5.70. The summed E-state index contributed by atoms with van der Waals surface area (Å²) in [5.41, 5.74) is 1.16. The first-order chi connectivity index (χ1) is 11.6. The van der Waals surface area contributed by atoms with Gasteiger partial charge in [0.15, 0.2) is 5.69 Å². The first-order valence-electron chi connectivity index (χ1n) is 8.25. The molecule has 0 aliphatic heterocycles. The predicted molar refractivity (Wildman–Crippen MR) is 92.5 cm³/mol. The van der Waals surface area contributed by atoms with E-state index in [0.29, 0.717) is 5.69 Å². The second kappa shape index (κ2) is 8.49. The molecule has 6 nitrogen and oxygen atoms in total. The highest BCUT2D eigenvalue weighted by atomic mass is 16.5. The largest absolute Gasteiger partial charge is 0.497 e. The molecule has 2 aromatic rings. The highest BCUT2D eigenvalue weighted by Gasteiger charge is 2.17. The van der Waals surface area contributed by atoms with E-state index in [9.17, 15) is 9.90 Å². The summed E-state index contributed by atoms with van der Waals surface area (Å²) in [7, 11) is 1.61. The molecule has 1 unspecified atom stereocenters. The van der Waals surface area contributed by atoms with E-state index in [1.54, 1.807) is 24.1 Å². The minimum absolute atomic E-state index is 0.196. The molecule has 24 heavy (non-hydrogen) atoms. The predicted octanol–water partition coefficient (Wildman–Crippen LogP) is 2.41. The number of aromatic nitrogens is 2. The van der Waals surface area contributed by atoms with Crippen LogP contribution in [-0.2, 0) is 0 Å². The van der Waals surface area contributed by atoms with Gasteiger partial charge in [0.1, 0.15) is 5.75 Å². The Hall–Kier alpha value is -2.34. The van der Waals surface area contributed by atoms with Crippen LogP contribution in [0.2, 0.25) is 0 Å². The lowest BCUT2D eigenvalue weighted by atomic mass is 9.96. The van der Waals surface area contributed by atoms with E-state index in [2.05, 4.69) is 10.4 Å². The minimum Gasteiger partial charge on any atom is -0.497 e. The molecule has 130 valence electrons. The number of nitrogens with one attached hydrogen (secondary N) is 1. The second-order valence-electron chi connectivity index (χ2n) is 5.70. The molecule has 0 saturated heterocycles. The van der Waals surface area contributed by atoms with Crippen molar-refractivity contribution in [3.05, 3.63) is 42.2 Å². The maximum atomic E-state index is 12.2. The Bertz CT molecular complexity index is 648. The van der Waals surface area contributed by atoms with Gasteiger partial charge < -0.3 is 15.2 Å². The van der Waals surface area contributed by atoms with Gasteiger partial charge in [-0.25, -0.2) is 4.68 Å². The van der Waals surface area contributed by atoms with E-state index >= 15 is 0 Å². The number of benzene rings is 1. The van der Waals surface area contributed by atoms with E-state index in [0.717, 1.165) is 24.3 Å². The Morgan fingerprint density at radius 3 is 2.50 bits per heavy atom. The molecule has 1 heterocycles. The first-order valence-corrected chi connectivity index (χ1v) is 8.25. The third-order valence-corrected chi connectivity index (χ3v) is 4.22. The summed E-state index contributed by atoms with van der Waals surface area (Å²) < 4.78 is 6.75. The minimum atomic E-state index is -0.535. The fourth-order valence-corrected chi connectivity index (χ4v) is 2.61. The third kappa shape index (κ3) is 4.35. The van der Waals surface area contributed by atoms with E-state index in [1.807, 2.05) is 38.1 Å². The van der Waals surface area contributed by atoms with E-state index in [1.165, 1.54) is 0 Å². The molecular formula is C18H25N3O3. The van der Waals surface area contributed by atoms with Gasteiger partial charge in [0, 0.05) is 12.7 Å². The lowest BCUT2D eigenvalue weighted by Gasteiger charge is -2.20. The monoisotopic (exact) mass is 331 g/mol. The lowest BCUT2D eigenvalue weighted by molar-refractivity contribution is 0.0812. The lowest BCUT2D eigenvalue weighted by Crippen LogP contribution is -2.36. The van der Waals surface area contributed by atoms with Crippen LogP contribution in [-0.4, -0.2) is 40.6 Å². The zero-order valence-corrected chi connectivity index (χ0v) is 14.4. The third-order valence-electron chi connectivity index (χ3n) is 4.22. The van der Waals surface area contributed by atoms with Crippen LogP contribution in [0.5, 0.6) is 5.75 Å². The van der Waals surface area contributed by atoms with Gasteiger partial charge in [-0.15, -0.1) is 0 Å². The zero-order valence-electron chi connectivity index (χ0n) is 14.4. The quantitative estimate of drug-likeness (QED) is 0.779. The number of ether oxygens (including phenoxy) is 1. The van der Waals surface area contributed by atoms with Gasteiger partial charge >= 0.3 is 0 Å². The van der Waals surface area contributed by atoms with E-state index in [-0.39, 0.29) is 18.4 Å². The Labute approximate surface area is 142 Å². The Balaban J connectivity index is 1.97. The zero-order chi connectivity index (χ0) is 17.5. The smallest absolute Gasteiger partial charge is 0.271 e. The number of carbonyl (C=O) groups is 1. The SMILES string of the molecule is CCC(CC)C(O)CNC(=O)c1ccn(-c2ccc(OC)cc2)n1. The normalized spacial score (nSPS) is 12.2. The maximum Gasteiger partial charge on any atom is 0.271 e. The van der Waals surface area contributed by atoms with Gasteiger partial charge in [0.25, 0.3) is 5.91 Å². The van der Waals surface area contributed by atoms with Crippen molar-refractivity contribution in [2.75, 3.05) is 13.7 Å². The van der Waals surface area contributed by atoms with Crippen LogP contribution in [0.1, 0.15) is 37.2 Å². The van der Waals surface area contributed by atoms with Crippen molar-refractivity contribution in [1.82, 2.24) is 15.1 Å². The topological polar surface area (TPSA) is 76.4 Å². The van der Waals surface area contributed by atoms with Crippen molar-refractivity contribution >= 4 is 5.91 Å². The molecule has 2 N–H and O–H groups in total. The van der Waals surface area contributed by atoms with Crippen LogP contribution in [0.15, 0.2) is 36.5 Å². The van der Waals surface area contributed by atoms with Crippen molar-refractivity contribution < 1.29 is 14.6 Å². The van der Waals surface area contributed by atoms with Crippen LogP contribution in [0.25, 0.3) is 5.69 Å². The first kappa shape index (κ1) is 18.0. The molecule has 0 fully saturated rings. The fourth-order valence-electron chi connectivity index (χ4n) is 2.61. The molecular weight excluding hydrogens is 306 g/mol. The summed E-state index contributed by atoms with van der Waals surface area (Å²) in [6.07, 6.45) is 2.97. The number of hydrogen-bond acceptors (Lipinski definition) is 4. The number of hydrogen-bond donors (Lipinski definition) is 2. The number of methoxy groups -OCH3 is 1. The number of carbonyl (C=O) groups excluding carboxylic acids is 1. The molecule has 2 rings (SSSR count). The molecule has 0 radical (unpaired) electrons. The van der Waals surface area contributed by atoms with Gasteiger partial charge in [-0.05, 0) is 36.2 Å². The van der Waals surface area contributed by atoms with Gasteiger partial charge in [-0.3, -0.25) is 4.79 Å². The molecule has 0 saturated carbocycles. The Kier molecular flexibility index (Phi) is 6.37. The Morgan fingerprint density at radius 1 is 1.25 bits per heavy atom. The van der Waals surface area contributed by atoms with Crippen molar-refractivity contribution in [3.8, 4) is 11.4 Å². The van der Waals surface area contributed by atoms with Crippen LogP contribution < -0.4 is 10.1 Å². The average Bonchev–Trinajstić information content (AvgIpc) is 3.11. The summed E-state index contributed by atoms with van der Waals surface area (Å²) in [6, 6.07) is 9.06. The molecule has 1 aromatic heterocycles. The number of aliphatic hydroxyl groups excluding tert-OH is 1. The molecule has 1 aromatic carbocycles. The highest BCUT2D eigenvalue weighted by Crippen LogP contribution is 2.15. The van der Waals surface area contributed by atoms with Gasteiger partial charge in [-0.2, -0.15) is 5.10 Å². The number of rotatable bonds is 8. The average molecular weight is 331 g/mol. The standard InChI is InChI=1S/C18H25N3O3/c1-4-13(5-2)17(22)12-19-18(23)16-10-11-21(20-16)14-6-8-15(24-3)9-7-14/h6-11,13,17,22H,4-5,12H2,1-3H3,(H,19,23). The van der Waals surface area contributed by atoms with Crippen LogP contribution in [0, 0.1) is 5.92 Å². The van der Waals surface area contributed by atoms with E-state index < -0.39 is 6.10 Å². The van der Waals surface area contributed by atoms with Crippen molar-refractivity contribution in [2.24, 2.45) is 5.92 Å². The molecule has 0 aliphatic rings.